The minimum atomic E-state index is 0.256. The minimum absolute atomic E-state index is 0.256. The number of carbonyl (C=O) groups is 1. The van der Waals surface area contributed by atoms with Crippen LogP contribution < -0.4 is 0 Å². The fraction of sp³-hybridized carbons (Fsp3) is 0.900. The molecule has 1 amide bonds. The second-order valence-electron chi connectivity index (χ2n) is 4.44. The maximum Gasteiger partial charge on any atom is 0.219 e. The minimum Gasteiger partial charge on any atom is -0.342 e. The largest absolute Gasteiger partial charge is 0.342 e. The van der Waals surface area contributed by atoms with Crippen LogP contribution in [0.1, 0.15) is 39.0 Å². The lowest BCUT2D eigenvalue weighted by Gasteiger charge is -2.52. The second-order valence-corrected chi connectivity index (χ2v) is 4.44. The van der Waals surface area contributed by atoms with Crippen molar-refractivity contribution < 1.29 is 4.79 Å². The molecule has 1 aliphatic heterocycles. The van der Waals surface area contributed by atoms with E-state index >= 15 is 0 Å². The molecule has 0 unspecified atom stereocenters. The number of hydrogen-bond donors (Lipinski definition) is 0. The molecule has 1 saturated carbocycles. The van der Waals surface area contributed by atoms with E-state index < -0.39 is 0 Å². The average Bonchev–Trinajstić information content (AvgIpc) is 2.01. The summed E-state index contributed by atoms with van der Waals surface area (Å²) < 4.78 is 0. The Morgan fingerprint density at radius 3 is 2.25 bits per heavy atom. The molecule has 1 heterocycles. The van der Waals surface area contributed by atoms with Crippen LogP contribution >= 0.6 is 0 Å². The third kappa shape index (κ3) is 1.23. The van der Waals surface area contributed by atoms with Crippen molar-refractivity contribution in [3.8, 4) is 0 Å². The molecule has 2 aliphatic rings. The maximum atomic E-state index is 11.0. The molecule has 1 saturated heterocycles. The van der Waals surface area contributed by atoms with Gasteiger partial charge in [0.2, 0.25) is 5.91 Å². The summed E-state index contributed by atoms with van der Waals surface area (Å²) in [5.41, 5.74) is 0.559. The first-order valence-electron chi connectivity index (χ1n) is 4.97. The maximum absolute atomic E-state index is 11.0. The van der Waals surface area contributed by atoms with E-state index in [0.29, 0.717) is 5.41 Å². The number of likely N-dealkylation sites (tertiary alicyclic amines) is 1. The number of amides is 1. The third-order valence-electron chi connectivity index (χ3n) is 3.41. The van der Waals surface area contributed by atoms with E-state index in [4.69, 9.17) is 0 Å². The van der Waals surface area contributed by atoms with Crippen LogP contribution in [0.25, 0.3) is 0 Å². The van der Waals surface area contributed by atoms with Crippen LogP contribution in [0.3, 0.4) is 0 Å². The van der Waals surface area contributed by atoms with Gasteiger partial charge in [0, 0.05) is 25.4 Å². The van der Waals surface area contributed by atoms with E-state index in [9.17, 15) is 4.79 Å². The van der Waals surface area contributed by atoms with Gasteiger partial charge in [0.05, 0.1) is 0 Å². The zero-order chi connectivity index (χ0) is 8.60. The lowest BCUT2D eigenvalue weighted by molar-refractivity contribution is -0.143. The number of nitrogens with zero attached hydrogens (tertiary/aromatic N) is 1. The predicted molar refractivity (Wildman–Crippen MR) is 47.8 cm³/mol. The van der Waals surface area contributed by atoms with Crippen LogP contribution in [0.15, 0.2) is 0 Å². The molecule has 2 nitrogen and oxygen atoms in total. The highest BCUT2D eigenvalue weighted by Crippen LogP contribution is 2.43. The lowest BCUT2D eigenvalue weighted by Crippen LogP contribution is -2.58. The molecule has 2 rings (SSSR count). The van der Waals surface area contributed by atoms with Crippen molar-refractivity contribution >= 4 is 5.91 Å². The molecule has 0 aromatic carbocycles. The van der Waals surface area contributed by atoms with E-state index in [0.717, 1.165) is 13.1 Å². The van der Waals surface area contributed by atoms with E-state index in [-0.39, 0.29) is 5.91 Å². The highest BCUT2D eigenvalue weighted by Gasteiger charge is 2.44. The Balaban J connectivity index is 1.88. The summed E-state index contributed by atoms with van der Waals surface area (Å²) in [6.45, 7) is 3.76. The van der Waals surface area contributed by atoms with Crippen molar-refractivity contribution in [1.82, 2.24) is 4.90 Å². The number of hydrogen-bond acceptors (Lipinski definition) is 1. The molecule has 0 aromatic rings. The van der Waals surface area contributed by atoms with Crippen molar-refractivity contribution in [2.75, 3.05) is 13.1 Å². The Hall–Kier alpha value is -0.530. The van der Waals surface area contributed by atoms with Gasteiger partial charge in [0.15, 0.2) is 0 Å². The average molecular weight is 167 g/mol. The number of rotatable bonds is 0. The van der Waals surface area contributed by atoms with E-state index in [1.54, 1.807) is 6.92 Å². The molecule has 2 heteroatoms. The first kappa shape index (κ1) is 8.09. The lowest BCUT2D eigenvalue weighted by atomic mass is 9.69. The Bertz CT molecular complexity index is 186. The highest BCUT2D eigenvalue weighted by molar-refractivity contribution is 5.74. The number of carbonyl (C=O) groups excluding carboxylic acids is 1. The molecule has 0 aromatic heterocycles. The van der Waals surface area contributed by atoms with Gasteiger partial charge in [-0.05, 0) is 12.8 Å². The van der Waals surface area contributed by atoms with Gasteiger partial charge in [-0.3, -0.25) is 4.79 Å². The van der Waals surface area contributed by atoms with Crippen LogP contribution in [-0.4, -0.2) is 23.9 Å². The molecular weight excluding hydrogens is 150 g/mol. The van der Waals surface area contributed by atoms with Gasteiger partial charge in [-0.25, -0.2) is 0 Å². The standard InChI is InChI=1S/C10H17NO/c1-9(12)11-7-10(8-11)5-3-2-4-6-10/h2-8H2,1H3. The van der Waals surface area contributed by atoms with Crippen molar-refractivity contribution in [2.45, 2.75) is 39.0 Å². The SMILES string of the molecule is CC(=O)N1CC2(CCCCC2)C1. The first-order valence-corrected chi connectivity index (χ1v) is 4.97. The molecule has 68 valence electrons. The highest BCUT2D eigenvalue weighted by atomic mass is 16.2. The van der Waals surface area contributed by atoms with Crippen molar-refractivity contribution in [1.29, 1.82) is 0 Å². The summed E-state index contributed by atoms with van der Waals surface area (Å²) in [4.78, 5) is 13.0. The van der Waals surface area contributed by atoms with Gasteiger partial charge in [0.25, 0.3) is 0 Å². The van der Waals surface area contributed by atoms with E-state index in [1.807, 2.05) is 4.90 Å². The topological polar surface area (TPSA) is 20.3 Å². The second kappa shape index (κ2) is 2.75. The summed E-state index contributed by atoms with van der Waals surface area (Å²) in [7, 11) is 0. The fourth-order valence-corrected chi connectivity index (χ4v) is 2.60. The van der Waals surface area contributed by atoms with Gasteiger partial charge in [-0.1, -0.05) is 19.3 Å². The summed E-state index contributed by atoms with van der Waals surface area (Å²) in [5.74, 6) is 0.256. The van der Waals surface area contributed by atoms with Gasteiger partial charge in [-0.15, -0.1) is 0 Å². The van der Waals surface area contributed by atoms with Crippen LogP contribution in [0.2, 0.25) is 0 Å². The summed E-state index contributed by atoms with van der Waals surface area (Å²) in [6.07, 6.45) is 6.88. The molecule has 12 heavy (non-hydrogen) atoms. The molecule has 1 spiro atoms. The Morgan fingerprint density at radius 1 is 1.17 bits per heavy atom. The van der Waals surface area contributed by atoms with Gasteiger partial charge >= 0.3 is 0 Å². The summed E-state index contributed by atoms with van der Waals surface area (Å²) in [6, 6.07) is 0. The monoisotopic (exact) mass is 167 g/mol. The molecule has 1 aliphatic carbocycles. The van der Waals surface area contributed by atoms with Gasteiger partial charge in [0.1, 0.15) is 0 Å². The van der Waals surface area contributed by atoms with Crippen LogP contribution in [-0.2, 0) is 4.79 Å². The zero-order valence-electron chi connectivity index (χ0n) is 7.81. The Morgan fingerprint density at radius 2 is 1.75 bits per heavy atom. The van der Waals surface area contributed by atoms with Gasteiger partial charge in [-0.2, -0.15) is 0 Å². The zero-order valence-corrected chi connectivity index (χ0v) is 7.81. The van der Waals surface area contributed by atoms with Crippen molar-refractivity contribution in [3.05, 3.63) is 0 Å². The normalized spacial score (nSPS) is 26.9. The van der Waals surface area contributed by atoms with Crippen LogP contribution in [0.4, 0.5) is 0 Å². The molecule has 0 radical (unpaired) electrons. The predicted octanol–water partition coefficient (Wildman–Crippen LogP) is 1.80. The first-order chi connectivity index (χ1) is 5.72. The van der Waals surface area contributed by atoms with E-state index in [2.05, 4.69) is 0 Å². The summed E-state index contributed by atoms with van der Waals surface area (Å²) in [5, 5.41) is 0. The Labute approximate surface area is 73.9 Å². The molecule has 2 fully saturated rings. The van der Waals surface area contributed by atoms with Crippen molar-refractivity contribution in [2.24, 2.45) is 5.41 Å². The Kier molecular flexibility index (Phi) is 1.85. The van der Waals surface area contributed by atoms with Gasteiger partial charge < -0.3 is 4.90 Å². The fourth-order valence-electron chi connectivity index (χ4n) is 2.60. The van der Waals surface area contributed by atoms with E-state index in [1.165, 1.54) is 32.1 Å². The van der Waals surface area contributed by atoms with Crippen molar-refractivity contribution in [3.63, 3.8) is 0 Å². The van der Waals surface area contributed by atoms with Crippen LogP contribution in [0, 0.1) is 5.41 Å². The van der Waals surface area contributed by atoms with Crippen LogP contribution in [0.5, 0.6) is 0 Å². The molecule has 0 atom stereocenters. The summed E-state index contributed by atoms with van der Waals surface area (Å²) >= 11 is 0. The molecule has 0 bridgehead atoms. The molecule has 0 N–H and O–H groups in total. The smallest absolute Gasteiger partial charge is 0.219 e. The third-order valence-corrected chi connectivity index (χ3v) is 3.41. The molecular formula is C10H17NO. The quantitative estimate of drug-likeness (QED) is 0.538.